The van der Waals surface area contributed by atoms with Crippen molar-refractivity contribution in [3.05, 3.63) is 46.2 Å². The van der Waals surface area contributed by atoms with Crippen LogP contribution in [0.25, 0.3) is 0 Å². The number of carbonyl (C=O) groups excluding carboxylic acids is 1. The van der Waals surface area contributed by atoms with E-state index >= 15 is 0 Å². The van der Waals surface area contributed by atoms with Crippen molar-refractivity contribution < 1.29 is 23.1 Å². The molecule has 0 spiro atoms. The van der Waals surface area contributed by atoms with Crippen LogP contribution in [0.3, 0.4) is 0 Å². The van der Waals surface area contributed by atoms with Crippen LogP contribution in [0.5, 0.6) is 0 Å². The van der Waals surface area contributed by atoms with Gasteiger partial charge in [0.05, 0.1) is 15.3 Å². The van der Waals surface area contributed by atoms with E-state index < -0.39 is 21.9 Å². The first kappa shape index (κ1) is 18.1. The van der Waals surface area contributed by atoms with Gasteiger partial charge in [-0.2, -0.15) is 0 Å². The minimum absolute atomic E-state index is 0.0724. The molecule has 0 fully saturated rings. The fourth-order valence-corrected chi connectivity index (χ4v) is 4.15. The number of carbonyl (C=O) groups is 2. The van der Waals surface area contributed by atoms with Crippen LogP contribution in [0.1, 0.15) is 27.0 Å². The van der Waals surface area contributed by atoms with Crippen LogP contribution < -0.4 is 5.32 Å². The molecule has 2 aromatic rings. The number of nitrogens with one attached hydrogen (secondary N) is 1. The van der Waals surface area contributed by atoms with Crippen LogP contribution in [-0.2, 0) is 10.0 Å². The van der Waals surface area contributed by atoms with Gasteiger partial charge < -0.3 is 10.4 Å². The molecule has 2 rings (SSSR count). The summed E-state index contributed by atoms with van der Waals surface area (Å²) in [7, 11) is -2.12. The molecule has 1 amide bonds. The molecule has 0 saturated carbocycles. The van der Waals surface area contributed by atoms with E-state index in [1.807, 2.05) is 0 Å². The summed E-state index contributed by atoms with van der Waals surface area (Å²) in [6.07, 6.45) is 0. The van der Waals surface area contributed by atoms with E-state index in [4.69, 9.17) is 5.11 Å². The predicted octanol–water partition coefficient (Wildman–Crippen LogP) is 2.34. The molecule has 0 saturated heterocycles. The van der Waals surface area contributed by atoms with Gasteiger partial charge in [-0.1, -0.05) is 6.92 Å². The lowest BCUT2D eigenvalue weighted by molar-refractivity contribution is 0.0696. The predicted molar refractivity (Wildman–Crippen MR) is 91.2 cm³/mol. The lowest BCUT2D eigenvalue weighted by Crippen LogP contribution is -2.26. The number of carboxylic acids is 1. The Balaban J connectivity index is 2.15. The Morgan fingerprint density at radius 3 is 2.42 bits per heavy atom. The number of anilines is 1. The minimum atomic E-state index is -3.59. The number of hydrogen-bond acceptors (Lipinski definition) is 5. The number of hydrogen-bond donors (Lipinski definition) is 2. The van der Waals surface area contributed by atoms with Gasteiger partial charge in [-0.3, -0.25) is 4.79 Å². The van der Waals surface area contributed by atoms with E-state index in [1.165, 1.54) is 47.1 Å². The Morgan fingerprint density at radius 1 is 1.25 bits per heavy atom. The quantitative estimate of drug-likeness (QED) is 0.814. The summed E-state index contributed by atoms with van der Waals surface area (Å²) in [4.78, 5) is 23.3. The van der Waals surface area contributed by atoms with Gasteiger partial charge >= 0.3 is 5.97 Å². The van der Waals surface area contributed by atoms with Gasteiger partial charge in [0.25, 0.3) is 5.91 Å². The second-order valence-corrected chi connectivity index (χ2v) is 7.86. The Hall–Kier alpha value is -2.23. The highest BCUT2D eigenvalue weighted by Gasteiger charge is 2.22. The number of thiophene rings is 1. The molecule has 0 atom stereocenters. The Morgan fingerprint density at radius 2 is 1.88 bits per heavy atom. The van der Waals surface area contributed by atoms with Crippen LogP contribution >= 0.6 is 11.3 Å². The minimum Gasteiger partial charge on any atom is -0.478 e. The fraction of sp³-hybridized carbons (Fsp3) is 0.200. The molecule has 9 heteroatoms. The zero-order chi connectivity index (χ0) is 17.9. The summed E-state index contributed by atoms with van der Waals surface area (Å²) in [5.74, 6) is -1.51. The number of amides is 1. The molecular weight excluding hydrogens is 352 g/mol. The number of rotatable bonds is 6. The van der Waals surface area contributed by atoms with Gasteiger partial charge in [0.1, 0.15) is 0 Å². The summed E-state index contributed by atoms with van der Waals surface area (Å²) in [5, 5.41) is 12.9. The van der Waals surface area contributed by atoms with Gasteiger partial charge in [0.15, 0.2) is 0 Å². The van der Waals surface area contributed by atoms with Crippen LogP contribution in [0, 0.1) is 0 Å². The first-order chi connectivity index (χ1) is 11.3. The average molecular weight is 368 g/mol. The van der Waals surface area contributed by atoms with Crippen molar-refractivity contribution in [2.45, 2.75) is 11.8 Å². The van der Waals surface area contributed by atoms with Crippen molar-refractivity contribution >= 4 is 38.9 Å². The summed E-state index contributed by atoms with van der Waals surface area (Å²) in [6, 6.07) is 7.01. The first-order valence-corrected chi connectivity index (χ1v) is 9.27. The summed E-state index contributed by atoms with van der Waals surface area (Å²) in [6.45, 7) is 2.05. The van der Waals surface area contributed by atoms with E-state index in [-0.39, 0.29) is 15.3 Å². The first-order valence-electron chi connectivity index (χ1n) is 6.95. The number of nitrogens with zero attached hydrogens (tertiary/aromatic N) is 1. The molecule has 24 heavy (non-hydrogen) atoms. The monoisotopic (exact) mass is 368 g/mol. The summed E-state index contributed by atoms with van der Waals surface area (Å²) < 4.78 is 25.6. The normalized spacial score (nSPS) is 11.5. The van der Waals surface area contributed by atoms with Crippen LogP contribution in [0.2, 0.25) is 0 Å². The molecular formula is C15H16N2O5S2. The molecule has 2 N–H and O–H groups in total. The lowest BCUT2D eigenvalue weighted by Gasteiger charge is -2.12. The molecule has 128 valence electrons. The topological polar surface area (TPSA) is 104 Å². The Kier molecular flexibility index (Phi) is 5.37. The highest BCUT2D eigenvalue weighted by atomic mass is 32.2. The number of sulfonamides is 1. The molecule has 0 bridgehead atoms. The second kappa shape index (κ2) is 7.12. The molecule has 0 aliphatic heterocycles. The second-order valence-electron chi connectivity index (χ2n) is 4.90. The zero-order valence-corrected chi connectivity index (χ0v) is 14.6. The van der Waals surface area contributed by atoms with Crippen LogP contribution in [0.4, 0.5) is 5.69 Å². The van der Waals surface area contributed by atoms with E-state index in [2.05, 4.69) is 5.32 Å². The number of aromatic carboxylic acids is 1. The summed E-state index contributed by atoms with van der Waals surface area (Å²) in [5.41, 5.74) is 0.536. The van der Waals surface area contributed by atoms with Gasteiger partial charge in [0, 0.05) is 24.7 Å². The third-order valence-corrected chi connectivity index (χ3v) is 6.33. The van der Waals surface area contributed by atoms with Crippen molar-refractivity contribution in [1.82, 2.24) is 4.31 Å². The smallest absolute Gasteiger partial charge is 0.335 e. The number of carboxylic acid groups (broad SMARTS) is 1. The van der Waals surface area contributed by atoms with E-state index in [0.717, 1.165) is 11.3 Å². The van der Waals surface area contributed by atoms with Crippen molar-refractivity contribution in [2.75, 3.05) is 18.9 Å². The largest absolute Gasteiger partial charge is 0.478 e. The molecule has 1 aromatic carbocycles. The summed E-state index contributed by atoms with van der Waals surface area (Å²) >= 11 is 1.03. The Bertz CT molecular complexity index is 856. The highest BCUT2D eigenvalue weighted by Crippen LogP contribution is 2.23. The maximum atomic E-state index is 12.2. The van der Waals surface area contributed by atoms with Gasteiger partial charge in [-0.25, -0.2) is 17.5 Å². The SMILES string of the molecule is CCN(C)S(=O)(=O)c1csc(C(=O)Nc2ccc(C(=O)O)cc2)c1. The van der Waals surface area contributed by atoms with Crippen molar-refractivity contribution in [2.24, 2.45) is 0 Å². The standard InChI is InChI=1S/C15H16N2O5S2/c1-3-17(2)24(21,22)12-8-13(23-9-12)14(18)16-11-6-4-10(5-7-11)15(19)20/h4-9H,3H2,1-2H3,(H,16,18)(H,19,20). The third kappa shape index (κ3) is 3.81. The van der Waals surface area contributed by atoms with E-state index in [0.29, 0.717) is 12.2 Å². The maximum absolute atomic E-state index is 12.2. The Labute approximate surface area is 143 Å². The van der Waals surface area contributed by atoms with Gasteiger partial charge in [0.2, 0.25) is 10.0 Å². The maximum Gasteiger partial charge on any atom is 0.335 e. The molecule has 7 nitrogen and oxygen atoms in total. The molecule has 0 aliphatic rings. The molecule has 0 aliphatic carbocycles. The van der Waals surface area contributed by atoms with Crippen molar-refractivity contribution in [3.8, 4) is 0 Å². The molecule has 0 radical (unpaired) electrons. The van der Waals surface area contributed by atoms with Gasteiger partial charge in [-0.15, -0.1) is 11.3 Å². The molecule has 1 aromatic heterocycles. The molecule has 1 heterocycles. The van der Waals surface area contributed by atoms with Crippen LogP contribution in [-0.4, -0.2) is 43.3 Å². The molecule has 0 unspecified atom stereocenters. The van der Waals surface area contributed by atoms with E-state index in [1.54, 1.807) is 6.92 Å². The van der Waals surface area contributed by atoms with Crippen molar-refractivity contribution in [3.63, 3.8) is 0 Å². The highest BCUT2D eigenvalue weighted by molar-refractivity contribution is 7.89. The lowest BCUT2D eigenvalue weighted by atomic mass is 10.2. The zero-order valence-electron chi connectivity index (χ0n) is 13.0. The average Bonchev–Trinajstić information content (AvgIpc) is 3.05. The van der Waals surface area contributed by atoms with E-state index in [9.17, 15) is 18.0 Å². The third-order valence-electron chi connectivity index (χ3n) is 3.34. The van der Waals surface area contributed by atoms with Crippen molar-refractivity contribution in [1.29, 1.82) is 0 Å². The fourth-order valence-electron chi connectivity index (χ4n) is 1.81. The van der Waals surface area contributed by atoms with Gasteiger partial charge in [-0.05, 0) is 30.3 Å². The number of benzene rings is 1. The van der Waals surface area contributed by atoms with Crippen LogP contribution in [0.15, 0.2) is 40.6 Å².